The summed E-state index contributed by atoms with van der Waals surface area (Å²) >= 11 is 0. The van der Waals surface area contributed by atoms with Gasteiger partial charge in [-0.3, -0.25) is 0 Å². The summed E-state index contributed by atoms with van der Waals surface area (Å²) in [6.45, 7) is 13.3. The van der Waals surface area contributed by atoms with Gasteiger partial charge in [-0.25, -0.2) is 0 Å². The summed E-state index contributed by atoms with van der Waals surface area (Å²) in [5.74, 6) is 0. The number of aliphatic hydroxyl groups excluding tert-OH is 1. The standard InChI is InChI=1S/C14H28O3Si/c1-13(2,3)18(5,6)17-10-11-7-8-14(4,16)9-12(11)15/h7,12,15-16H,8-10H2,1-6H3. The molecule has 0 heterocycles. The van der Waals surface area contributed by atoms with Gasteiger partial charge in [0.1, 0.15) is 0 Å². The molecule has 4 heteroatoms. The Kier molecular flexibility index (Phi) is 4.48. The van der Waals surface area contributed by atoms with Gasteiger partial charge in [-0.05, 0) is 37.0 Å². The van der Waals surface area contributed by atoms with E-state index in [0.717, 1.165) is 5.57 Å². The van der Waals surface area contributed by atoms with Crippen LogP contribution in [-0.2, 0) is 4.43 Å². The van der Waals surface area contributed by atoms with Crippen LogP contribution in [0.3, 0.4) is 0 Å². The molecule has 3 nitrogen and oxygen atoms in total. The predicted molar refractivity (Wildman–Crippen MR) is 77.1 cm³/mol. The lowest BCUT2D eigenvalue weighted by Gasteiger charge is -2.38. The van der Waals surface area contributed by atoms with Crippen LogP contribution in [0.4, 0.5) is 0 Å². The highest BCUT2D eigenvalue weighted by atomic mass is 28.4. The van der Waals surface area contributed by atoms with Crippen LogP contribution < -0.4 is 0 Å². The van der Waals surface area contributed by atoms with E-state index in [0.29, 0.717) is 19.4 Å². The van der Waals surface area contributed by atoms with Gasteiger partial charge in [0, 0.05) is 6.42 Å². The lowest BCUT2D eigenvalue weighted by Crippen LogP contribution is -2.42. The van der Waals surface area contributed by atoms with Gasteiger partial charge >= 0.3 is 0 Å². The molecule has 0 saturated carbocycles. The molecule has 2 unspecified atom stereocenters. The van der Waals surface area contributed by atoms with Crippen LogP contribution in [0.5, 0.6) is 0 Å². The second-order valence-corrected chi connectivity index (χ2v) is 12.1. The number of hydrogen-bond acceptors (Lipinski definition) is 3. The van der Waals surface area contributed by atoms with Crippen LogP contribution in [0, 0.1) is 0 Å². The zero-order chi connectivity index (χ0) is 14.2. The van der Waals surface area contributed by atoms with Crippen LogP contribution in [0.15, 0.2) is 11.6 Å². The van der Waals surface area contributed by atoms with Crippen molar-refractivity contribution in [3.05, 3.63) is 11.6 Å². The molecule has 0 aromatic heterocycles. The lowest BCUT2D eigenvalue weighted by atomic mass is 9.85. The Labute approximate surface area is 112 Å². The van der Waals surface area contributed by atoms with Gasteiger partial charge in [0.25, 0.3) is 0 Å². The normalized spacial score (nSPS) is 30.2. The third-order valence-electron chi connectivity index (χ3n) is 4.27. The van der Waals surface area contributed by atoms with E-state index >= 15 is 0 Å². The predicted octanol–water partition coefficient (Wildman–Crippen LogP) is 2.84. The maximum absolute atomic E-state index is 10.0. The van der Waals surface area contributed by atoms with Gasteiger partial charge in [-0.15, -0.1) is 0 Å². The van der Waals surface area contributed by atoms with Crippen molar-refractivity contribution >= 4 is 8.32 Å². The molecule has 2 N–H and O–H groups in total. The quantitative estimate of drug-likeness (QED) is 0.613. The fourth-order valence-corrected chi connectivity index (χ4v) is 2.71. The number of rotatable bonds is 3. The minimum atomic E-state index is -1.77. The molecule has 0 amide bonds. The van der Waals surface area contributed by atoms with Crippen molar-refractivity contribution in [2.75, 3.05) is 6.61 Å². The molecule has 1 rings (SSSR count). The molecule has 0 radical (unpaired) electrons. The molecular formula is C14H28O3Si. The van der Waals surface area contributed by atoms with Crippen molar-refractivity contribution in [3.8, 4) is 0 Å². The molecule has 0 bridgehead atoms. The third kappa shape index (κ3) is 3.92. The average molecular weight is 272 g/mol. The molecule has 0 spiro atoms. The van der Waals surface area contributed by atoms with Crippen molar-refractivity contribution in [2.45, 2.75) is 70.4 Å². The lowest BCUT2D eigenvalue weighted by molar-refractivity contribution is 0.00507. The van der Waals surface area contributed by atoms with E-state index in [1.165, 1.54) is 0 Å². The zero-order valence-electron chi connectivity index (χ0n) is 12.6. The molecule has 0 aromatic carbocycles. The van der Waals surface area contributed by atoms with Crippen molar-refractivity contribution in [2.24, 2.45) is 0 Å². The van der Waals surface area contributed by atoms with Crippen molar-refractivity contribution in [3.63, 3.8) is 0 Å². The van der Waals surface area contributed by atoms with Gasteiger partial charge in [0.2, 0.25) is 0 Å². The largest absolute Gasteiger partial charge is 0.413 e. The first kappa shape index (κ1) is 15.9. The van der Waals surface area contributed by atoms with Gasteiger partial charge in [-0.2, -0.15) is 0 Å². The molecular weight excluding hydrogens is 244 g/mol. The summed E-state index contributed by atoms with van der Waals surface area (Å²) in [5, 5.41) is 20.1. The van der Waals surface area contributed by atoms with Crippen molar-refractivity contribution in [1.29, 1.82) is 0 Å². The Balaban J connectivity index is 2.63. The highest BCUT2D eigenvalue weighted by Gasteiger charge is 2.38. The molecule has 0 fully saturated rings. The smallest absolute Gasteiger partial charge is 0.192 e. The highest BCUT2D eigenvalue weighted by molar-refractivity contribution is 6.74. The molecule has 1 aliphatic carbocycles. The van der Waals surface area contributed by atoms with Crippen LogP contribution in [0.25, 0.3) is 0 Å². The molecule has 0 saturated heterocycles. The van der Waals surface area contributed by atoms with E-state index < -0.39 is 20.0 Å². The highest BCUT2D eigenvalue weighted by Crippen LogP contribution is 2.37. The Morgan fingerprint density at radius 1 is 1.44 bits per heavy atom. The monoisotopic (exact) mass is 272 g/mol. The maximum Gasteiger partial charge on any atom is 0.192 e. The second kappa shape index (κ2) is 5.08. The van der Waals surface area contributed by atoms with E-state index in [1.54, 1.807) is 6.92 Å². The Morgan fingerprint density at radius 2 is 2.00 bits per heavy atom. The van der Waals surface area contributed by atoms with Crippen LogP contribution in [-0.4, -0.2) is 36.8 Å². The van der Waals surface area contributed by atoms with Gasteiger partial charge in [-0.1, -0.05) is 26.8 Å². The van der Waals surface area contributed by atoms with E-state index in [1.807, 2.05) is 6.08 Å². The molecule has 18 heavy (non-hydrogen) atoms. The van der Waals surface area contributed by atoms with Crippen molar-refractivity contribution < 1.29 is 14.6 Å². The van der Waals surface area contributed by atoms with Gasteiger partial charge in [0.05, 0.1) is 18.3 Å². The van der Waals surface area contributed by atoms with E-state index in [9.17, 15) is 10.2 Å². The zero-order valence-corrected chi connectivity index (χ0v) is 13.6. The minimum Gasteiger partial charge on any atom is -0.413 e. The summed E-state index contributed by atoms with van der Waals surface area (Å²) in [5.41, 5.74) is 0.145. The summed E-state index contributed by atoms with van der Waals surface area (Å²) in [6.07, 6.45) is 2.36. The summed E-state index contributed by atoms with van der Waals surface area (Å²) in [6, 6.07) is 0. The molecule has 106 valence electrons. The molecule has 1 aliphatic rings. The fraction of sp³-hybridized carbons (Fsp3) is 0.857. The van der Waals surface area contributed by atoms with E-state index in [-0.39, 0.29) is 5.04 Å². The fourth-order valence-electron chi connectivity index (χ4n) is 1.75. The summed E-state index contributed by atoms with van der Waals surface area (Å²) in [7, 11) is -1.77. The van der Waals surface area contributed by atoms with Crippen LogP contribution in [0.1, 0.15) is 40.5 Å². The SMILES string of the molecule is CC1(O)CC=C(CO[Si](C)(C)C(C)(C)C)C(O)C1. The van der Waals surface area contributed by atoms with Gasteiger partial charge < -0.3 is 14.6 Å². The Hall–Kier alpha value is -0.163. The molecule has 0 aliphatic heterocycles. The minimum absolute atomic E-state index is 0.179. The topological polar surface area (TPSA) is 49.7 Å². The first-order valence-electron chi connectivity index (χ1n) is 6.68. The first-order chi connectivity index (χ1) is 7.95. The number of hydrogen-bond donors (Lipinski definition) is 2. The summed E-state index contributed by atoms with van der Waals surface area (Å²) < 4.78 is 6.10. The maximum atomic E-state index is 10.0. The molecule has 0 aromatic rings. The Bertz CT molecular complexity index is 326. The van der Waals surface area contributed by atoms with E-state index in [4.69, 9.17) is 4.43 Å². The summed E-state index contributed by atoms with van der Waals surface area (Å²) in [4.78, 5) is 0. The average Bonchev–Trinajstić information content (AvgIpc) is 2.13. The number of aliphatic hydroxyl groups is 2. The van der Waals surface area contributed by atoms with Crippen molar-refractivity contribution in [1.82, 2.24) is 0 Å². The van der Waals surface area contributed by atoms with Gasteiger partial charge in [0.15, 0.2) is 8.32 Å². The second-order valence-electron chi connectivity index (χ2n) is 7.25. The van der Waals surface area contributed by atoms with Crippen LogP contribution in [0.2, 0.25) is 18.1 Å². The van der Waals surface area contributed by atoms with E-state index in [2.05, 4.69) is 33.9 Å². The molecule has 2 atom stereocenters. The first-order valence-corrected chi connectivity index (χ1v) is 9.59. The Morgan fingerprint density at radius 3 is 2.44 bits per heavy atom. The third-order valence-corrected chi connectivity index (χ3v) is 8.75. The van der Waals surface area contributed by atoms with Crippen LogP contribution >= 0.6 is 0 Å².